The molecule has 0 aliphatic carbocycles. The Morgan fingerprint density at radius 3 is 2.68 bits per heavy atom. The third kappa shape index (κ3) is 3.09. The standard InChI is InChI=1S/C12H15BrN2O3S/c1-15(11-3-2-9(13)6-10(11)14)12(16)8-4-5-19(17,18)7-8/h2-3,6,8H,4-5,7,14H2,1H3. The quantitative estimate of drug-likeness (QED) is 0.821. The molecule has 1 aliphatic heterocycles. The van der Waals surface area contributed by atoms with Crippen molar-refractivity contribution in [2.24, 2.45) is 5.92 Å². The SMILES string of the molecule is CN(C(=O)C1CCS(=O)(=O)C1)c1ccc(Br)cc1N. The van der Waals surface area contributed by atoms with E-state index in [9.17, 15) is 13.2 Å². The molecule has 1 atom stereocenters. The second-order valence-electron chi connectivity index (χ2n) is 4.70. The van der Waals surface area contributed by atoms with E-state index in [1.807, 2.05) is 0 Å². The van der Waals surface area contributed by atoms with Crippen molar-refractivity contribution in [1.29, 1.82) is 0 Å². The fraction of sp³-hybridized carbons (Fsp3) is 0.417. The third-order valence-corrected chi connectivity index (χ3v) is 5.52. The Labute approximate surface area is 120 Å². The smallest absolute Gasteiger partial charge is 0.230 e. The van der Waals surface area contributed by atoms with Gasteiger partial charge >= 0.3 is 0 Å². The van der Waals surface area contributed by atoms with Crippen LogP contribution < -0.4 is 10.6 Å². The van der Waals surface area contributed by atoms with Crippen molar-refractivity contribution >= 4 is 43.0 Å². The maximum absolute atomic E-state index is 12.3. The number of nitrogen functional groups attached to an aromatic ring is 1. The van der Waals surface area contributed by atoms with Gasteiger partial charge in [0.25, 0.3) is 0 Å². The second-order valence-corrected chi connectivity index (χ2v) is 7.84. The number of carbonyl (C=O) groups excluding carboxylic acids is 1. The molecule has 1 unspecified atom stereocenters. The first-order chi connectivity index (χ1) is 8.80. The molecule has 1 aliphatic rings. The fourth-order valence-corrected chi connectivity index (χ4v) is 4.32. The zero-order valence-electron chi connectivity index (χ0n) is 10.5. The van der Waals surface area contributed by atoms with E-state index in [2.05, 4.69) is 15.9 Å². The van der Waals surface area contributed by atoms with Crippen LogP contribution in [0, 0.1) is 5.92 Å². The Morgan fingerprint density at radius 2 is 2.16 bits per heavy atom. The Hall–Kier alpha value is -1.08. The van der Waals surface area contributed by atoms with Gasteiger partial charge in [-0.3, -0.25) is 4.79 Å². The maximum atomic E-state index is 12.3. The number of benzene rings is 1. The van der Waals surface area contributed by atoms with Crippen molar-refractivity contribution in [3.05, 3.63) is 22.7 Å². The molecule has 0 spiro atoms. The first-order valence-corrected chi connectivity index (χ1v) is 8.44. The van der Waals surface area contributed by atoms with Crippen LogP contribution in [-0.4, -0.2) is 32.9 Å². The molecule has 5 nitrogen and oxygen atoms in total. The molecular formula is C12H15BrN2O3S. The molecule has 1 fully saturated rings. The van der Waals surface area contributed by atoms with Crippen LogP contribution in [0.1, 0.15) is 6.42 Å². The predicted molar refractivity (Wildman–Crippen MR) is 78.7 cm³/mol. The first-order valence-electron chi connectivity index (χ1n) is 5.83. The molecule has 2 N–H and O–H groups in total. The average Bonchev–Trinajstić information content (AvgIpc) is 2.68. The van der Waals surface area contributed by atoms with E-state index in [0.29, 0.717) is 17.8 Å². The van der Waals surface area contributed by atoms with E-state index in [1.54, 1.807) is 25.2 Å². The monoisotopic (exact) mass is 346 g/mol. The molecule has 1 heterocycles. The van der Waals surface area contributed by atoms with Crippen molar-refractivity contribution in [1.82, 2.24) is 0 Å². The number of rotatable bonds is 2. The Kier molecular flexibility index (Phi) is 3.87. The predicted octanol–water partition coefficient (Wildman–Crippen LogP) is 1.43. The minimum atomic E-state index is -3.06. The van der Waals surface area contributed by atoms with Crippen LogP contribution in [0.4, 0.5) is 11.4 Å². The topological polar surface area (TPSA) is 80.5 Å². The highest BCUT2D eigenvalue weighted by Crippen LogP contribution is 2.29. The lowest BCUT2D eigenvalue weighted by atomic mass is 10.1. The van der Waals surface area contributed by atoms with Crippen LogP contribution in [0.3, 0.4) is 0 Å². The fourth-order valence-electron chi connectivity index (χ4n) is 2.21. The van der Waals surface area contributed by atoms with Crippen molar-refractivity contribution in [3.63, 3.8) is 0 Å². The van der Waals surface area contributed by atoms with Gasteiger partial charge in [0.05, 0.1) is 28.8 Å². The number of hydrogen-bond donors (Lipinski definition) is 1. The summed E-state index contributed by atoms with van der Waals surface area (Å²) in [5, 5.41) is 0. The molecule has 104 valence electrons. The normalized spacial score (nSPS) is 21.3. The highest BCUT2D eigenvalue weighted by molar-refractivity contribution is 9.10. The number of carbonyl (C=O) groups is 1. The maximum Gasteiger partial charge on any atom is 0.230 e. The highest BCUT2D eigenvalue weighted by atomic mass is 79.9. The van der Waals surface area contributed by atoms with Crippen LogP contribution in [0.25, 0.3) is 0 Å². The molecule has 1 amide bonds. The summed E-state index contributed by atoms with van der Waals surface area (Å²) in [4.78, 5) is 13.7. The number of nitrogens with zero attached hydrogens (tertiary/aromatic N) is 1. The van der Waals surface area contributed by atoms with Gasteiger partial charge in [-0.05, 0) is 24.6 Å². The molecule has 1 saturated heterocycles. The lowest BCUT2D eigenvalue weighted by molar-refractivity contribution is -0.121. The molecule has 19 heavy (non-hydrogen) atoms. The van der Waals surface area contributed by atoms with Gasteiger partial charge < -0.3 is 10.6 Å². The Balaban J connectivity index is 2.20. The number of hydrogen-bond acceptors (Lipinski definition) is 4. The van der Waals surface area contributed by atoms with E-state index >= 15 is 0 Å². The molecule has 1 aromatic rings. The van der Waals surface area contributed by atoms with Crippen molar-refractivity contribution in [3.8, 4) is 0 Å². The van der Waals surface area contributed by atoms with E-state index < -0.39 is 15.8 Å². The lowest BCUT2D eigenvalue weighted by Crippen LogP contribution is -2.34. The summed E-state index contributed by atoms with van der Waals surface area (Å²) in [5.74, 6) is -0.632. The van der Waals surface area contributed by atoms with E-state index in [4.69, 9.17) is 5.73 Å². The van der Waals surface area contributed by atoms with Gasteiger partial charge in [0.2, 0.25) is 5.91 Å². The number of sulfone groups is 1. The molecular weight excluding hydrogens is 332 g/mol. The van der Waals surface area contributed by atoms with E-state index in [1.165, 1.54) is 4.90 Å². The van der Waals surface area contributed by atoms with Gasteiger partial charge in [0.15, 0.2) is 9.84 Å². The summed E-state index contributed by atoms with van der Waals surface area (Å²) < 4.78 is 23.7. The summed E-state index contributed by atoms with van der Waals surface area (Å²) >= 11 is 3.30. The number of anilines is 2. The second kappa shape index (κ2) is 5.13. The molecule has 0 bridgehead atoms. The van der Waals surface area contributed by atoms with Crippen molar-refractivity contribution < 1.29 is 13.2 Å². The minimum absolute atomic E-state index is 0.0629. The Bertz CT molecular complexity index is 615. The number of amides is 1. The van der Waals surface area contributed by atoms with Gasteiger partial charge in [-0.15, -0.1) is 0 Å². The van der Waals surface area contributed by atoms with Crippen LogP contribution in [-0.2, 0) is 14.6 Å². The van der Waals surface area contributed by atoms with Gasteiger partial charge in [-0.1, -0.05) is 15.9 Å². The third-order valence-electron chi connectivity index (χ3n) is 3.26. The summed E-state index contributed by atoms with van der Waals surface area (Å²) in [6.45, 7) is 0. The molecule has 2 rings (SSSR count). The summed E-state index contributed by atoms with van der Waals surface area (Å²) in [6, 6.07) is 5.24. The largest absolute Gasteiger partial charge is 0.397 e. The highest BCUT2D eigenvalue weighted by Gasteiger charge is 2.35. The minimum Gasteiger partial charge on any atom is -0.397 e. The zero-order valence-corrected chi connectivity index (χ0v) is 12.9. The summed E-state index contributed by atoms with van der Waals surface area (Å²) in [5.41, 5.74) is 6.94. The van der Waals surface area contributed by atoms with E-state index in [0.717, 1.165) is 4.47 Å². The summed E-state index contributed by atoms with van der Waals surface area (Å²) in [6.07, 6.45) is 0.391. The zero-order chi connectivity index (χ0) is 14.2. The van der Waals surface area contributed by atoms with Gasteiger partial charge in [-0.25, -0.2) is 8.42 Å². The summed E-state index contributed by atoms with van der Waals surface area (Å²) in [7, 11) is -1.44. The molecule has 0 radical (unpaired) electrons. The average molecular weight is 347 g/mol. The van der Waals surface area contributed by atoms with Crippen molar-refractivity contribution in [2.75, 3.05) is 29.2 Å². The Morgan fingerprint density at radius 1 is 1.47 bits per heavy atom. The van der Waals surface area contributed by atoms with Gasteiger partial charge in [0.1, 0.15) is 0 Å². The molecule has 0 saturated carbocycles. The van der Waals surface area contributed by atoms with Crippen molar-refractivity contribution in [2.45, 2.75) is 6.42 Å². The molecule has 1 aromatic carbocycles. The van der Waals surface area contributed by atoms with Crippen LogP contribution >= 0.6 is 15.9 Å². The van der Waals surface area contributed by atoms with Crippen LogP contribution in [0.5, 0.6) is 0 Å². The van der Waals surface area contributed by atoms with Crippen LogP contribution in [0.15, 0.2) is 22.7 Å². The first kappa shape index (κ1) is 14.3. The molecule has 0 aromatic heterocycles. The lowest BCUT2D eigenvalue weighted by Gasteiger charge is -2.22. The van der Waals surface area contributed by atoms with E-state index in [-0.39, 0.29) is 17.4 Å². The van der Waals surface area contributed by atoms with Gasteiger partial charge in [0, 0.05) is 11.5 Å². The number of nitrogens with two attached hydrogens (primary N) is 1. The number of halogens is 1. The van der Waals surface area contributed by atoms with Crippen LogP contribution in [0.2, 0.25) is 0 Å². The molecule has 7 heteroatoms. The van der Waals surface area contributed by atoms with Gasteiger partial charge in [-0.2, -0.15) is 0 Å².